The molecule has 4 fully saturated rings. The molecule has 0 radical (unpaired) electrons. The molecule has 5 atom stereocenters. The van der Waals surface area contributed by atoms with Crippen LogP contribution in [0.2, 0.25) is 0 Å². The summed E-state index contributed by atoms with van der Waals surface area (Å²) in [6, 6.07) is 0.341. The molecule has 0 aromatic carbocycles. The molecule has 19 heavy (non-hydrogen) atoms. The first-order valence-corrected chi connectivity index (χ1v) is 7.75. The molecule has 2 bridgehead atoms. The molecule has 4 nitrogen and oxygen atoms in total. The van der Waals surface area contributed by atoms with Crippen molar-refractivity contribution in [2.45, 2.75) is 57.1 Å². The molecule has 3 saturated carbocycles. The van der Waals surface area contributed by atoms with E-state index < -0.39 is 0 Å². The van der Waals surface area contributed by atoms with Gasteiger partial charge in [0.25, 0.3) is 0 Å². The van der Waals surface area contributed by atoms with Crippen LogP contribution in [0.4, 0.5) is 0 Å². The van der Waals surface area contributed by atoms with Crippen LogP contribution in [-0.2, 0) is 14.3 Å². The van der Waals surface area contributed by atoms with Crippen LogP contribution in [0.3, 0.4) is 0 Å². The Bertz CT molecular complexity index is 414. The minimum Gasteiger partial charge on any atom is -0.462 e. The number of hydrogen-bond acceptors (Lipinski definition) is 3. The van der Waals surface area contributed by atoms with Gasteiger partial charge >= 0.3 is 5.97 Å². The lowest BCUT2D eigenvalue weighted by molar-refractivity contribution is -0.146. The third kappa shape index (κ3) is 1.72. The van der Waals surface area contributed by atoms with E-state index in [0.29, 0.717) is 17.9 Å². The summed E-state index contributed by atoms with van der Waals surface area (Å²) in [7, 11) is 0. The molecule has 1 heterocycles. The molecule has 0 aromatic heterocycles. The first-order valence-electron chi connectivity index (χ1n) is 7.75. The molecule has 0 unspecified atom stereocenters. The quantitative estimate of drug-likeness (QED) is 0.770. The zero-order valence-corrected chi connectivity index (χ0v) is 11.1. The fraction of sp³-hybridized carbons (Fsp3) is 0.867. The highest BCUT2D eigenvalue weighted by molar-refractivity contribution is 5.88. The van der Waals surface area contributed by atoms with E-state index in [1.54, 1.807) is 0 Å². The number of rotatable bonds is 2. The molecule has 4 aliphatic rings. The van der Waals surface area contributed by atoms with Crippen molar-refractivity contribution in [3.8, 4) is 0 Å². The van der Waals surface area contributed by atoms with Crippen molar-refractivity contribution in [2.75, 3.05) is 0 Å². The van der Waals surface area contributed by atoms with Crippen LogP contribution >= 0.6 is 0 Å². The average Bonchev–Trinajstić information content (AvgIpc) is 3.00. The minimum atomic E-state index is -0.132. The topological polar surface area (TPSA) is 55.4 Å². The highest BCUT2D eigenvalue weighted by Gasteiger charge is 2.63. The Kier molecular flexibility index (Phi) is 2.61. The van der Waals surface area contributed by atoms with Crippen molar-refractivity contribution < 1.29 is 14.3 Å². The maximum atomic E-state index is 12.5. The summed E-state index contributed by atoms with van der Waals surface area (Å²) in [5.74, 6) is 0.501. The molecule has 0 aromatic rings. The number of carbonyl (C=O) groups is 2. The second-order valence-electron chi connectivity index (χ2n) is 6.77. The smallest absolute Gasteiger partial charge is 0.310 e. The molecule has 4 rings (SSSR count). The van der Waals surface area contributed by atoms with E-state index in [-0.39, 0.29) is 29.8 Å². The molecule has 0 spiro atoms. The molecular weight excluding hydrogens is 242 g/mol. The number of carbonyl (C=O) groups excluding carboxylic acids is 2. The normalized spacial score (nSPS) is 44.4. The van der Waals surface area contributed by atoms with Gasteiger partial charge in [-0.3, -0.25) is 9.59 Å². The van der Waals surface area contributed by atoms with Gasteiger partial charge in [-0.1, -0.05) is 19.3 Å². The van der Waals surface area contributed by atoms with Crippen molar-refractivity contribution >= 4 is 11.9 Å². The Morgan fingerprint density at radius 1 is 1.16 bits per heavy atom. The van der Waals surface area contributed by atoms with Gasteiger partial charge in [0, 0.05) is 12.0 Å². The Balaban J connectivity index is 1.47. The fourth-order valence-corrected chi connectivity index (χ4v) is 4.91. The third-order valence-electron chi connectivity index (χ3n) is 5.74. The molecule has 1 saturated heterocycles. The minimum absolute atomic E-state index is 0.0989. The van der Waals surface area contributed by atoms with Gasteiger partial charge in [0.15, 0.2) is 0 Å². The van der Waals surface area contributed by atoms with Crippen LogP contribution in [0.5, 0.6) is 0 Å². The van der Waals surface area contributed by atoms with Crippen molar-refractivity contribution in [1.82, 2.24) is 5.32 Å². The predicted molar refractivity (Wildman–Crippen MR) is 68.1 cm³/mol. The van der Waals surface area contributed by atoms with Crippen LogP contribution in [0.1, 0.15) is 44.9 Å². The zero-order valence-electron chi connectivity index (χ0n) is 11.1. The van der Waals surface area contributed by atoms with E-state index in [2.05, 4.69) is 5.32 Å². The Labute approximate surface area is 113 Å². The van der Waals surface area contributed by atoms with Gasteiger partial charge in [0.2, 0.25) is 5.91 Å². The molecule has 104 valence electrons. The summed E-state index contributed by atoms with van der Waals surface area (Å²) in [6.07, 6.45) is 7.98. The van der Waals surface area contributed by atoms with Gasteiger partial charge in [-0.05, 0) is 31.6 Å². The van der Waals surface area contributed by atoms with Gasteiger partial charge in [0.1, 0.15) is 6.10 Å². The second-order valence-corrected chi connectivity index (χ2v) is 6.77. The van der Waals surface area contributed by atoms with E-state index >= 15 is 0 Å². The number of fused-ring (bicyclic) bond motifs is 1. The average molecular weight is 263 g/mol. The summed E-state index contributed by atoms with van der Waals surface area (Å²) in [4.78, 5) is 24.4. The largest absolute Gasteiger partial charge is 0.462 e. The second kappa shape index (κ2) is 4.22. The molecule has 1 amide bonds. The zero-order chi connectivity index (χ0) is 13.0. The summed E-state index contributed by atoms with van der Waals surface area (Å²) >= 11 is 0. The number of hydrogen-bond donors (Lipinski definition) is 1. The monoisotopic (exact) mass is 263 g/mol. The predicted octanol–water partition coefficient (Wildman–Crippen LogP) is 1.63. The first-order chi connectivity index (χ1) is 9.24. The lowest BCUT2D eigenvalue weighted by atomic mass is 9.79. The van der Waals surface area contributed by atoms with Crippen LogP contribution in [0.25, 0.3) is 0 Å². The molecule has 1 aliphatic heterocycles. The van der Waals surface area contributed by atoms with Crippen LogP contribution in [0, 0.1) is 23.7 Å². The van der Waals surface area contributed by atoms with Crippen molar-refractivity contribution in [3.05, 3.63) is 0 Å². The van der Waals surface area contributed by atoms with Gasteiger partial charge < -0.3 is 10.1 Å². The van der Waals surface area contributed by atoms with Crippen LogP contribution in [-0.4, -0.2) is 24.0 Å². The number of nitrogens with one attached hydrogen (secondary N) is 1. The third-order valence-corrected chi connectivity index (χ3v) is 5.74. The van der Waals surface area contributed by atoms with Crippen molar-refractivity contribution in [2.24, 2.45) is 23.7 Å². The Hall–Kier alpha value is -1.06. The van der Waals surface area contributed by atoms with E-state index in [1.807, 2.05) is 0 Å². The van der Waals surface area contributed by atoms with Gasteiger partial charge in [-0.2, -0.15) is 0 Å². The van der Waals surface area contributed by atoms with Crippen molar-refractivity contribution in [3.63, 3.8) is 0 Å². The summed E-state index contributed by atoms with van der Waals surface area (Å²) in [5, 5.41) is 3.20. The number of ether oxygens (including phenoxy) is 1. The van der Waals surface area contributed by atoms with Crippen LogP contribution in [0.15, 0.2) is 0 Å². The Morgan fingerprint density at radius 2 is 1.95 bits per heavy atom. The molecular formula is C15H21NO3. The van der Waals surface area contributed by atoms with E-state index in [0.717, 1.165) is 25.7 Å². The van der Waals surface area contributed by atoms with Gasteiger partial charge in [-0.25, -0.2) is 0 Å². The summed E-state index contributed by atoms with van der Waals surface area (Å²) < 4.78 is 5.39. The standard InChI is InChI=1S/C15H21NO3/c17-14(16-9-4-2-1-3-5-9)12-8-6-10-11(7-8)19-15(18)13(10)12/h8-13H,1-7H2,(H,16,17)/t8-,10+,11-,12+,13+/m1/s1. The lowest BCUT2D eigenvalue weighted by Crippen LogP contribution is -2.44. The maximum Gasteiger partial charge on any atom is 0.310 e. The number of esters is 1. The van der Waals surface area contributed by atoms with E-state index in [1.165, 1.54) is 19.3 Å². The maximum absolute atomic E-state index is 12.5. The highest BCUT2D eigenvalue weighted by atomic mass is 16.6. The van der Waals surface area contributed by atoms with Crippen LogP contribution < -0.4 is 5.32 Å². The first kappa shape index (κ1) is 11.7. The summed E-state index contributed by atoms with van der Waals surface area (Å²) in [6.45, 7) is 0. The fourth-order valence-electron chi connectivity index (χ4n) is 4.91. The van der Waals surface area contributed by atoms with Gasteiger partial charge in [-0.15, -0.1) is 0 Å². The summed E-state index contributed by atoms with van der Waals surface area (Å²) in [5.41, 5.74) is 0. The highest BCUT2D eigenvalue weighted by Crippen LogP contribution is 2.57. The lowest BCUT2D eigenvalue weighted by Gasteiger charge is -2.28. The van der Waals surface area contributed by atoms with Gasteiger partial charge in [0.05, 0.1) is 11.8 Å². The SMILES string of the molecule is O=C(NC1CCCCC1)[C@H]1[C@@H]2C[C@@H]3[C@@H]1C(=O)O[C@@H]3C2. The van der Waals surface area contributed by atoms with E-state index in [9.17, 15) is 9.59 Å². The van der Waals surface area contributed by atoms with E-state index in [4.69, 9.17) is 4.74 Å². The molecule has 4 heteroatoms. The van der Waals surface area contributed by atoms with Crippen molar-refractivity contribution in [1.29, 1.82) is 0 Å². The number of amides is 1. The molecule has 1 N–H and O–H groups in total. The Morgan fingerprint density at radius 3 is 2.74 bits per heavy atom. The molecule has 3 aliphatic carbocycles.